The SMILES string of the molecule is CCCNc1ccc(CN(CC)C(C)CN(C)C)cn1. The summed E-state index contributed by atoms with van der Waals surface area (Å²) < 4.78 is 0. The highest BCUT2D eigenvalue weighted by atomic mass is 15.2. The lowest BCUT2D eigenvalue weighted by Crippen LogP contribution is -2.39. The number of hydrogen-bond donors (Lipinski definition) is 1. The largest absolute Gasteiger partial charge is 0.370 e. The fourth-order valence-corrected chi connectivity index (χ4v) is 2.33. The van der Waals surface area contributed by atoms with Crippen molar-refractivity contribution in [2.24, 2.45) is 0 Å². The lowest BCUT2D eigenvalue weighted by molar-refractivity contribution is 0.174. The summed E-state index contributed by atoms with van der Waals surface area (Å²) in [6, 6.07) is 4.80. The van der Waals surface area contributed by atoms with Crippen LogP contribution in [0.4, 0.5) is 5.82 Å². The number of rotatable bonds is 9. The zero-order chi connectivity index (χ0) is 15.0. The predicted molar refractivity (Wildman–Crippen MR) is 87.1 cm³/mol. The maximum Gasteiger partial charge on any atom is 0.125 e. The van der Waals surface area contributed by atoms with Crippen molar-refractivity contribution in [3.63, 3.8) is 0 Å². The molecular weight excluding hydrogens is 248 g/mol. The first-order valence-electron chi connectivity index (χ1n) is 7.64. The third kappa shape index (κ3) is 5.88. The summed E-state index contributed by atoms with van der Waals surface area (Å²) in [6.07, 6.45) is 3.11. The molecule has 0 bridgehead atoms. The van der Waals surface area contributed by atoms with Gasteiger partial charge in [-0.3, -0.25) is 4.90 Å². The van der Waals surface area contributed by atoms with Crippen LogP contribution in [0.25, 0.3) is 0 Å². The van der Waals surface area contributed by atoms with E-state index in [1.54, 1.807) is 0 Å². The normalized spacial score (nSPS) is 12.9. The molecule has 1 atom stereocenters. The Hall–Kier alpha value is -1.13. The van der Waals surface area contributed by atoms with Crippen LogP contribution in [0.5, 0.6) is 0 Å². The van der Waals surface area contributed by atoms with Crippen LogP contribution >= 0.6 is 0 Å². The van der Waals surface area contributed by atoms with Crippen molar-refractivity contribution >= 4 is 5.82 Å². The number of nitrogens with one attached hydrogen (secondary N) is 1. The van der Waals surface area contributed by atoms with E-state index in [2.05, 4.69) is 67.1 Å². The standard InChI is InChI=1S/C16H30N4/c1-6-10-17-16-9-8-15(11-18-16)13-20(7-2)14(3)12-19(4)5/h8-9,11,14H,6-7,10,12-13H2,1-5H3,(H,17,18). The van der Waals surface area contributed by atoms with Crippen LogP contribution in [0.2, 0.25) is 0 Å². The summed E-state index contributed by atoms with van der Waals surface area (Å²) >= 11 is 0. The minimum atomic E-state index is 0.549. The highest BCUT2D eigenvalue weighted by molar-refractivity contribution is 5.35. The zero-order valence-corrected chi connectivity index (χ0v) is 13.7. The number of hydrogen-bond acceptors (Lipinski definition) is 4. The molecule has 1 aromatic heterocycles. The molecule has 1 unspecified atom stereocenters. The Morgan fingerprint density at radius 3 is 2.50 bits per heavy atom. The molecular formula is C16H30N4. The quantitative estimate of drug-likeness (QED) is 0.752. The molecule has 1 aromatic rings. The van der Waals surface area contributed by atoms with Gasteiger partial charge in [-0.05, 0) is 45.6 Å². The molecule has 1 heterocycles. The van der Waals surface area contributed by atoms with E-state index < -0.39 is 0 Å². The van der Waals surface area contributed by atoms with Crippen LogP contribution in [0.15, 0.2) is 18.3 Å². The van der Waals surface area contributed by atoms with Crippen LogP contribution in [0.3, 0.4) is 0 Å². The predicted octanol–water partition coefficient (Wildman–Crippen LogP) is 2.68. The van der Waals surface area contributed by atoms with Crippen LogP contribution in [0, 0.1) is 0 Å². The fourth-order valence-electron chi connectivity index (χ4n) is 2.33. The second-order valence-corrected chi connectivity index (χ2v) is 5.65. The molecule has 0 aromatic carbocycles. The van der Waals surface area contributed by atoms with Gasteiger partial charge in [-0.15, -0.1) is 0 Å². The number of pyridine rings is 1. The van der Waals surface area contributed by atoms with Crippen LogP contribution in [-0.4, -0.2) is 54.6 Å². The van der Waals surface area contributed by atoms with Crippen LogP contribution in [0.1, 0.15) is 32.8 Å². The molecule has 0 aliphatic carbocycles. The number of aromatic nitrogens is 1. The van der Waals surface area contributed by atoms with Crippen molar-refractivity contribution in [3.8, 4) is 0 Å². The smallest absolute Gasteiger partial charge is 0.125 e. The number of nitrogens with zero attached hydrogens (tertiary/aromatic N) is 3. The highest BCUT2D eigenvalue weighted by Crippen LogP contribution is 2.10. The average molecular weight is 278 g/mol. The summed E-state index contributed by atoms with van der Waals surface area (Å²) in [5, 5.41) is 3.31. The molecule has 0 spiro atoms. The van der Waals surface area contributed by atoms with Gasteiger partial charge in [-0.1, -0.05) is 19.9 Å². The highest BCUT2D eigenvalue weighted by Gasteiger charge is 2.13. The molecule has 0 saturated carbocycles. The molecule has 4 nitrogen and oxygen atoms in total. The molecule has 0 radical (unpaired) electrons. The molecule has 114 valence electrons. The second-order valence-electron chi connectivity index (χ2n) is 5.65. The third-order valence-corrected chi connectivity index (χ3v) is 3.43. The lowest BCUT2D eigenvalue weighted by atomic mass is 10.2. The maximum absolute atomic E-state index is 4.48. The van der Waals surface area contributed by atoms with Gasteiger partial charge < -0.3 is 10.2 Å². The van der Waals surface area contributed by atoms with E-state index in [1.165, 1.54) is 5.56 Å². The number of anilines is 1. The van der Waals surface area contributed by atoms with Gasteiger partial charge in [0.05, 0.1) is 0 Å². The second kappa shape index (κ2) is 8.93. The van der Waals surface area contributed by atoms with Crippen molar-refractivity contribution < 1.29 is 0 Å². The van der Waals surface area contributed by atoms with Gasteiger partial charge in [0.2, 0.25) is 0 Å². The molecule has 0 amide bonds. The van der Waals surface area contributed by atoms with E-state index >= 15 is 0 Å². The Kier molecular flexibility index (Phi) is 7.55. The van der Waals surface area contributed by atoms with Crippen molar-refractivity contribution in [2.75, 3.05) is 39.0 Å². The summed E-state index contributed by atoms with van der Waals surface area (Å²) in [4.78, 5) is 9.20. The van der Waals surface area contributed by atoms with Gasteiger partial charge in [0, 0.05) is 31.9 Å². The minimum absolute atomic E-state index is 0.549. The Morgan fingerprint density at radius 2 is 2.00 bits per heavy atom. The Balaban J connectivity index is 2.56. The molecule has 20 heavy (non-hydrogen) atoms. The van der Waals surface area contributed by atoms with E-state index in [0.29, 0.717) is 6.04 Å². The number of likely N-dealkylation sites (N-methyl/N-ethyl adjacent to an activating group) is 2. The van der Waals surface area contributed by atoms with Crippen molar-refractivity contribution in [1.82, 2.24) is 14.8 Å². The van der Waals surface area contributed by atoms with E-state index in [0.717, 1.165) is 38.4 Å². The Labute approximate surface area is 124 Å². The fraction of sp³-hybridized carbons (Fsp3) is 0.688. The molecule has 1 rings (SSSR count). The third-order valence-electron chi connectivity index (χ3n) is 3.43. The minimum Gasteiger partial charge on any atom is -0.370 e. The first-order valence-corrected chi connectivity index (χ1v) is 7.64. The van der Waals surface area contributed by atoms with Gasteiger partial charge in [-0.25, -0.2) is 4.98 Å². The molecule has 0 aliphatic rings. The van der Waals surface area contributed by atoms with E-state index in [4.69, 9.17) is 0 Å². The van der Waals surface area contributed by atoms with Gasteiger partial charge in [0.1, 0.15) is 5.82 Å². The monoisotopic (exact) mass is 278 g/mol. The molecule has 0 fully saturated rings. The lowest BCUT2D eigenvalue weighted by Gasteiger charge is -2.29. The summed E-state index contributed by atoms with van der Waals surface area (Å²) in [7, 11) is 4.25. The maximum atomic E-state index is 4.48. The molecule has 0 saturated heterocycles. The summed E-state index contributed by atoms with van der Waals surface area (Å²) in [5.74, 6) is 0.972. The first-order chi connectivity index (χ1) is 9.56. The Bertz CT molecular complexity index is 361. The van der Waals surface area contributed by atoms with Crippen molar-refractivity contribution in [2.45, 2.75) is 39.8 Å². The average Bonchev–Trinajstić information content (AvgIpc) is 2.42. The first kappa shape index (κ1) is 16.9. The van der Waals surface area contributed by atoms with Crippen molar-refractivity contribution in [1.29, 1.82) is 0 Å². The van der Waals surface area contributed by atoms with E-state index in [-0.39, 0.29) is 0 Å². The van der Waals surface area contributed by atoms with Crippen LogP contribution in [-0.2, 0) is 6.54 Å². The van der Waals surface area contributed by atoms with Crippen LogP contribution < -0.4 is 5.32 Å². The zero-order valence-electron chi connectivity index (χ0n) is 13.7. The van der Waals surface area contributed by atoms with Gasteiger partial charge in [0.25, 0.3) is 0 Å². The van der Waals surface area contributed by atoms with Gasteiger partial charge >= 0.3 is 0 Å². The molecule has 1 N–H and O–H groups in total. The Morgan fingerprint density at radius 1 is 1.25 bits per heavy atom. The van der Waals surface area contributed by atoms with Gasteiger partial charge in [-0.2, -0.15) is 0 Å². The van der Waals surface area contributed by atoms with Crippen molar-refractivity contribution in [3.05, 3.63) is 23.9 Å². The molecule has 0 aliphatic heterocycles. The summed E-state index contributed by atoms with van der Waals surface area (Å²) in [6.45, 7) is 10.7. The summed E-state index contributed by atoms with van der Waals surface area (Å²) in [5.41, 5.74) is 1.28. The topological polar surface area (TPSA) is 31.4 Å². The molecule has 4 heteroatoms. The van der Waals surface area contributed by atoms with E-state index in [1.807, 2.05) is 6.20 Å². The van der Waals surface area contributed by atoms with E-state index in [9.17, 15) is 0 Å². The van der Waals surface area contributed by atoms with Gasteiger partial charge in [0.15, 0.2) is 0 Å².